The van der Waals surface area contributed by atoms with Crippen molar-refractivity contribution in [2.45, 2.75) is 28.8 Å². The van der Waals surface area contributed by atoms with Gasteiger partial charge in [-0.1, -0.05) is 47.8 Å². The predicted octanol–water partition coefficient (Wildman–Crippen LogP) is 4.30. The van der Waals surface area contributed by atoms with E-state index < -0.39 is 0 Å². The molecular weight excluding hydrogens is 456 g/mol. The van der Waals surface area contributed by atoms with Crippen LogP contribution in [0.4, 0.5) is 23.3 Å². The number of hydrogen-bond donors (Lipinski definition) is 2. The maximum absolute atomic E-state index is 13.5. The summed E-state index contributed by atoms with van der Waals surface area (Å²) in [6, 6.07) is 15.9. The molecule has 0 bridgehead atoms. The maximum Gasteiger partial charge on any atom is 0.261 e. The van der Waals surface area contributed by atoms with Crippen molar-refractivity contribution < 1.29 is 4.79 Å². The van der Waals surface area contributed by atoms with Gasteiger partial charge in [0.25, 0.3) is 5.78 Å². The van der Waals surface area contributed by atoms with Crippen LogP contribution in [-0.2, 0) is 4.79 Å². The summed E-state index contributed by atoms with van der Waals surface area (Å²) >= 11 is 2.99. The second-order valence-electron chi connectivity index (χ2n) is 7.10. The maximum atomic E-state index is 13.5. The molecule has 0 saturated carbocycles. The van der Waals surface area contributed by atoms with Crippen LogP contribution in [0, 0.1) is 0 Å². The van der Waals surface area contributed by atoms with Gasteiger partial charge in [0.1, 0.15) is 0 Å². The molecule has 9 nitrogen and oxygen atoms in total. The minimum Gasteiger partial charge on any atom is -0.355 e. The molecule has 0 saturated heterocycles. The first kappa shape index (κ1) is 21.5. The molecule has 1 amide bonds. The molecule has 0 fully saturated rings. The zero-order valence-corrected chi connectivity index (χ0v) is 19.8. The van der Waals surface area contributed by atoms with Crippen molar-refractivity contribution in [2.75, 3.05) is 34.4 Å². The molecule has 4 aromatic rings. The summed E-state index contributed by atoms with van der Waals surface area (Å²) in [5.41, 5.74) is 1.79. The molecule has 2 aromatic carbocycles. The zero-order chi connectivity index (χ0) is 22.8. The molecule has 11 heteroatoms. The van der Waals surface area contributed by atoms with Crippen molar-refractivity contribution in [3.63, 3.8) is 0 Å². The molecule has 1 aliphatic rings. The number of para-hydroxylation sites is 2. The summed E-state index contributed by atoms with van der Waals surface area (Å²) in [5, 5.41) is 15.4. The van der Waals surface area contributed by atoms with Crippen molar-refractivity contribution in [2.24, 2.45) is 0 Å². The zero-order valence-electron chi connectivity index (χ0n) is 18.1. The lowest BCUT2D eigenvalue weighted by Crippen LogP contribution is -2.30. The van der Waals surface area contributed by atoms with E-state index in [0.717, 1.165) is 21.2 Å². The van der Waals surface area contributed by atoms with Crippen molar-refractivity contribution >= 4 is 58.5 Å². The summed E-state index contributed by atoms with van der Waals surface area (Å²) in [6.07, 6.45) is 0. The topological polar surface area (TPSA) is 100 Å². The van der Waals surface area contributed by atoms with Crippen LogP contribution in [0.3, 0.4) is 0 Å². The van der Waals surface area contributed by atoms with Crippen LogP contribution < -0.4 is 15.5 Å². The third-order valence-corrected chi connectivity index (χ3v) is 6.97. The number of thioether (sulfide) groups is 1. The van der Waals surface area contributed by atoms with Gasteiger partial charge in [-0.15, -0.1) is 10.2 Å². The van der Waals surface area contributed by atoms with E-state index in [1.807, 2.05) is 62.4 Å². The lowest BCUT2D eigenvalue weighted by molar-refractivity contribution is -0.115. The first-order chi connectivity index (χ1) is 16.2. The Morgan fingerprint density at radius 3 is 2.27 bits per heavy atom. The number of amides is 1. The van der Waals surface area contributed by atoms with Gasteiger partial charge in [0.2, 0.25) is 17.8 Å². The van der Waals surface area contributed by atoms with Crippen molar-refractivity contribution in [3.05, 3.63) is 48.5 Å². The van der Waals surface area contributed by atoms with Gasteiger partial charge in [-0.2, -0.15) is 9.97 Å². The number of carbonyl (C=O) groups excluding carboxylic acids is 1. The number of nitrogens with one attached hydrogen (secondary N) is 2. The van der Waals surface area contributed by atoms with E-state index in [9.17, 15) is 4.79 Å². The SMILES string of the molecule is CCNc1nc(NCC)n2c(SCC(=O)N3c4ccccc4Sc4ccccc43)nnc2n1. The standard InChI is InChI=1S/C22H22N8OS2/c1-3-23-19-25-20(24-4-2)30-21(26-19)27-28-22(30)32-13-18(31)29-14-9-5-7-11-16(14)33-17-12-8-6-10-15(17)29/h5-12H,3-4,13H2,1-2H3,(H2,23,24,25,26,27). The van der Waals surface area contributed by atoms with Crippen LogP contribution in [0.15, 0.2) is 63.5 Å². The van der Waals surface area contributed by atoms with Crippen LogP contribution >= 0.6 is 23.5 Å². The van der Waals surface area contributed by atoms with E-state index in [0.29, 0.717) is 35.9 Å². The first-order valence-electron chi connectivity index (χ1n) is 10.6. The molecule has 0 unspecified atom stereocenters. The number of fused-ring (bicyclic) bond motifs is 3. The summed E-state index contributed by atoms with van der Waals surface area (Å²) in [5.74, 6) is 1.65. The number of benzene rings is 2. The molecule has 2 aromatic heterocycles. The lowest BCUT2D eigenvalue weighted by Gasteiger charge is -2.30. The van der Waals surface area contributed by atoms with Crippen LogP contribution in [-0.4, -0.2) is 49.3 Å². The van der Waals surface area contributed by atoms with Gasteiger partial charge in [0.05, 0.1) is 17.1 Å². The Hall–Kier alpha value is -3.31. The summed E-state index contributed by atoms with van der Waals surface area (Å²) < 4.78 is 1.75. The van der Waals surface area contributed by atoms with Crippen LogP contribution in [0.25, 0.3) is 5.78 Å². The van der Waals surface area contributed by atoms with Gasteiger partial charge in [-0.3, -0.25) is 9.69 Å². The predicted molar refractivity (Wildman–Crippen MR) is 132 cm³/mol. The molecule has 2 N–H and O–H groups in total. The fraction of sp³-hybridized carbons (Fsp3) is 0.227. The highest BCUT2D eigenvalue weighted by Crippen LogP contribution is 2.48. The smallest absolute Gasteiger partial charge is 0.261 e. The highest BCUT2D eigenvalue weighted by molar-refractivity contribution is 8.00. The molecule has 0 radical (unpaired) electrons. The monoisotopic (exact) mass is 478 g/mol. The quantitative estimate of drug-likeness (QED) is 0.376. The lowest BCUT2D eigenvalue weighted by atomic mass is 10.2. The van der Waals surface area contributed by atoms with E-state index in [1.165, 1.54) is 11.8 Å². The number of hydrogen-bond acceptors (Lipinski definition) is 9. The number of anilines is 4. The third-order valence-electron chi connectivity index (χ3n) is 4.92. The third kappa shape index (κ3) is 4.09. The van der Waals surface area contributed by atoms with Crippen LogP contribution in [0.5, 0.6) is 0 Å². The normalized spacial score (nSPS) is 12.4. The van der Waals surface area contributed by atoms with Crippen LogP contribution in [0.2, 0.25) is 0 Å². The fourth-order valence-corrected chi connectivity index (χ4v) is 5.40. The highest BCUT2D eigenvalue weighted by Gasteiger charge is 2.28. The molecular formula is C22H22N8OS2. The van der Waals surface area contributed by atoms with E-state index in [4.69, 9.17) is 0 Å². The average molecular weight is 479 g/mol. The summed E-state index contributed by atoms with van der Waals surface area (Å²) in [7, 11) is 0. The second kappa shape index (κ2) is 9.28. The molecule has 0 spiro atoms. The molecule has 33 heavy (non-hydrogen) atoms. The van der Waals surface area contributed by atoms with Crippen molar-refractivity contribution in [1.29, 1.82) is 0 Å². The van der Waals surface area contributed by atoms with E-state index in [2.05, 4.69) is 30.8 Å². The summed E-state index contributed by atoms with van der Waals surface area (Å²) in [6.45, 7) is 5.35. The van der Waals surface area contributed by atoms with Crippen molar-refractivity contribution in [1.82, 2.24) is 24.6 Å². The van der Waals surface area contributed by atoms with Gasteiger partial charge in [0, 0.05) is 22.9 Å². The number of aromatic nitrogens is 5. The minimum atomic E-state index is -0.0351. The van der Waals surface area contributed by atoms with E-state index >= 15 is 0 Å². The Kier molecular flexibility index (Phi) is 6.05. The molecule has 3 heterocycles. The Labute approximate surface area is 199 Å². The van der Waals surface area contributed by atoms with Gasteiger partial charge >= 0.3 is 0 Å². The molecule has 168 valence electrons. The first-order valence-corrected chi connectivity index (χ1v) is 12.4. The number of nitrogens with zero attached hydrogens (tertiary/aromatic N) is 6. The Bertz CT molecular complexity index is 1280. The van der Waals surface area contributed by atoms with E-state index in [1.54, 1.807) is 21.1 Å². The minimum absolute atomic E-state index is 0.0351. The van der Waals surface area contributed by atoms with Gasteiger partial charge in [-0.05, 0) is 38.1 Å². The second-order valence-corrected chi connectivity index (χ2v) is 9.13. The Morgan fingerprint density at radius 1 is 0.939 bits per heavy atom. The van der Waals surface area contributed by atoms with Gasteiger partial charge in [-0.25, -0.2) is 4.40 Å². The molecule has 5 rings (SSSR count). The van der Waals surface area contributed by atoms with Gasteiger partial charge < -0.3 is 10.6 Å². The molecule has 0 aliphatic carbocycles. The highest BCUT2D eigenvalue weighted by atomic mass is 32.2. The van der Waals surface area contributed by atoms with Crippen LogP contribution in [0.1, 0.15) is 13.8 Å². The largest absolute Gasteiger partial charge is 0.355 e. The Morgan fingerprint density at radius 2 is 1.61 bits per heavy atom. The van der Waals surface area contributed by atoms with Gasteiger partial charge in [0.15, 0.2) is 5.16 Å². The fourth-order valence-electron chi connectivity index (χ4n) is 3.56. The average Bonchev–Trinajstić information content (AvgIpc) is 3.24. The van der Waals surface area contributed by atoms with Crippen molar-refractivity contribution in [3.8, 4) is 0 Å². The van der Waals surface area contributed by atoms with E-state index in [-0.39, 0.29) is 11.7 Å². The Balaban J connectivity index is 1.44. The molecule has 1 aliphatic heterocycles. The number of carbonyl (C=O) groups is 1. The molecule has 0 atom stereocenters. The summed E-state index contributed by atoms with van der Waals surface area (Å²) in [4.78, 5) is 26.3. The number of rotatable bonds is 7.